The molecule has 0 saturated carbocycles. The van der Waals surface area contributed by atoms with E-state index in [9.17, 15) is 9.59 Å². The summed E-state index contributed by atoms with van der Waals surface area (Å²) < 4.78 is 5.74. The molecule has 0 saturated heterocycles. The quantitative estimate of drug-likeness (QED) is 0.673. The van der Waals surface area contributed by atoms with Gasteiger partial charge in [0.15, 0.2) is 0 Å². The summed E-state index contributed by atoms with van der Waals surface area (Å²) in [6.45, 7) is 1.77. The lowest BCUT2D eigenvalue weighted by atomic mass is 10.0. The van der Waals surface area contributed by atoms with Crippen molar-refractivity contribution in [1.82, 2.24) is 0 Å². The molecule has 0 aliphatic heterocycles. The molecule has 3 aromatic carbocycles. The Hall–Kier alpha value is -3.60. The summed E-state index contributed by atoms with van der Waals surface area (Å²) in [5, 5.41) is 11.8. The third-order valence-electron chi connectivity index (χ3n) is 3.95. The van der Waals surface area contributed by atoms with Crippen LogP contribution in [0, 0.1) is 0 Å². The number of carboxylic acid groups (broad SMARTS) is 1. The van der Waals surface area contributed by atoms with E-state index in [-0.39, 0.29) is 11.5 Å². The van der Waals surface area contributed by atoms with Gasteiger partial charge in [0.1, 0.15) is 12.4 Å². The lowest BCUT2D eigenvalue weighted by Crippen LogP contribution is -2.05. The van der Waals surface area contributed by atoms with Crippen molar-refractivity contribution in [2.24, 2.45) is 0 Å². The van der Waals surface area contributed by atoms with Crippen LogP contribution in [-0.4, -0.2) is 17.0 Å². The van der Waals surface area contributed by atoms with Gasteiger partial charge in [-0.1, -0.05) is 36.4 Å². The minimum Gasteiger partial charge on any atom is -0.489 e. The summed E-state index contributed by atoms with van der Waals surface area (Å²) >= 11 is 0. The molecule has 5 heteroatoms. The van der Waals surface area contributed by atoms with E-state index >= 15 is 0 Å². The number of nitrogens with one attached hydrogen (secondary N) is 1. The molecule has 0 unspecified atom stereocenters. The molecule has 0 heterocycles. The summed E-state index contributed by atoms with van der Waals surface area (Å²) in [6.07, 6.45) is 0. The maximum Gasteiger partial charge on any atom is 0.335 e. The maximum atomic E-state index is 11.2. The van der Waals surface area contributed by atoms with Crippen molar-refractivity contribution in [3.63, 3.8) is 0 Å². The average Bonchev–Trinajstić information content (AvgIpc) is 2.67. The number of hydrogen-bond acceptors (Lipinski definition) is 3. The zero-order chi connectivity index (χ0) is 19.2. The minimum absolute atomic E-state index is 0.108. The van der Waals surface area contributed by atoms with Gasteiger partial charge in [0.05, 0.1) is 5.56 Å². The highest BCUT2D eigenvalue weighted by Crippen LogP contribution is 2.25. The Morgan fingerprint density at radius 3 is 2.37 bits per heavy atom. The summed E-state index contributed by atoms with van der Waals surface area (Å²) in [4.78, 5) is 22.2. The summed E-state index contributed by atoms with van der Waals surface area (Å²) in [5.74, 6) is -0.372. The molecule has 0 atom stereocenters. The molecule has 2 N–H and O–H groups in total. The molecule has 5 nitrogen and oxygen atoms in total. The van der Waals surface area contributed by atoms with Crippen LogP contribution < -0.4 is 10.1 Å². The van der Waals surface area contributed by atoms with E-state index in [0.717, 1.165) is 22.4 Å². The molecule has 1 amide bonds. The second kappa shape index (κ2) is 8.19. The molecule has 0 spiro atoms. The molecular formula is C22H19NO4. The zero-order valence-electron chi connectivity index (χ0n) is 14.8. The number of rotatable bonds is 6. The monoisotopic (exact) mass is 361 g/mol. The van der Waals surface area contributed by atoms with Gasteiger partial charge in [-0.2, -0.15) is 0 Å². The van der Waals surface area contributed by atoms with Crippen LogP contribution in [0.2, 0.25) is 0 Å². The van der Waals surface area contributed by atoms with Crippen molar-refractivity contribution in [3.8, 4) is 16.9 Å². The van der Waals surface area contributed by atoms with E-state index in [2.05, 4.69) is 5.32 Å². The van der Waals surface area contributed by atoms with Gasteiger partial charge in [-0.15, -0.1) is 0 Å². The number of ether oxygens (including phenoxy) is 1. The normalized spacial score (nSPS) is 10.3. The fraction of sp³-hybridized carbons (Fsp3) is 0.0909. The van der Waals surface area contributed by atoms with Crippen molar-refractivity contribution < 1.29 is 19.4 Å². The van der Waals surface area contributed by atoms with Crippen molar-refractivity contribution in [2.45, 2.75) is 13.5 Å². The first-order valence-corrected chi connectivity index (χ1v) is 8.44. The van der Waals surface area contributed by atoms with Gasteiger partial charge < -0.3 is 15.2 Å². The van der Waals surface area contributed by atoms with Gasteiger partial charge in [0, 0.05) is 12.6 Å². The first-order chi connectivity index (χ1) is 13.0. The third-order valence-corrected chi connectivity index (χ3v) is 3.95. The molecule has 0 aromatic heterocycles. The van der Waals surface area contributed by atoms with Crippen molar-refractivity contribution in [1.29, 1.82) is 0 Å². The Labute approximate surface area is 157 Å². The van der Waals surface area contributed by atoms with Gasteiger partial charge >= 0.3 is 5.97 Å². The molecule has 27 heavy (non-hydrogen) atoms. The minimum atomic E-state index is -0.956. The summed E-state index contributed by atoms with van der Waals surface area (Å²) in [6, 6.07) is 21.9. The largest absolute Gasteiger partial charge is 0.489 e. The standard InChI is InChI=1S/C22H19NO4/c1-15(24)23-20-7-3-5-18(13-20)17-8-10-21(11-9-17)27-14-16-4-2-6-19(12-16)22(25)26/h2-13H,14H2,1H3,(H,23,24)(H,25,26). The average molecular weight is 361 g/mol. The molecule has 0 aliphatic rings. The van der Waals surface area contributed by atoms with E-state index in [1.54, 1.807) is 18.2 Å². The van der Waals surface area contributed by atoms with E-state index in [4.69, 9.17) is 9.84 Å². The second-order valence-corrected chi connectivity index (χ2v) is 6.08. The topological polar surface area (TPSA) is 75.6 Å². The van der Waals surface area contributed by atoms with Crippen LogP contribution in [0.3, 0.4) is 0 Å². The Bertz CT molecular complexity index is 964. The molecule has 136 valence electrons. The molecule has 3 aromatic rings. The van der Waals surface area contributed by atoms with Gasteiger partial charge in [-0.3, -0.25) is 4.79 Å². The Morgan fingerprint density at radius 2 is 1.67 bits per heavy atom. The molecule has 0 radical (unpaired) electrons. The lowest BCUT2D eigenvalue weighted by Gasteiger charge is -2.09. The number of anilines is 1. The SMILES string of the molecule is CC(=O)Nc1cccc(-c2ccc(OCc3cccc(C(=O)O)c3)cc2)c1. The highest BCUT2D eigenvalue weighted by atomic mass is 16.5. The van der Waals surface area contributed by atoms with Crippen LogP contribution in [0.1, 0.15) is 22.8 Å². The number of carbonyl (C=O) groups is 2. The fourth-order valence-corrected chi connectivity index (χ4v) is 2.68. The highest BCUT2D eigenvalue weighted by Gasteiger charge is 2.05. The van der Waals surface area contributed by atoms with Crippen LogP contribution in [-0.2, 0) is 11.4 Å². The number of hydrogen-bond donors (Lipinski definition) is 2. The molecule has 0 fully saturated rings. The van der Waals surface area contributed by atoms with E-state index < -0.39 is 5.97 Å². The van der Waals surface area contributed by atoms with Gasteiger partial charge in [0.25, 0.3) is 0 Å². The molecule has 0 bridgehead atoms. The number of benzene rings is 3. The van der Waals surface area contributed by atoms with E-state index in [1.165, 1.54) is 6.92 Å². The fourth-order valence-electron chi connectivity index (χ4n) is 2.68. The van der Waals surface area contributed by atoms with E-state index in [1.807, 2.05) is 54.6 Å². The van der Waals surface area contributed by atoms with Crippen molar-refractivity contribution in [3.05, 3.63) is 83.9 Å². The predicted octanol–water partition coefficient (Wildman–Crippen LogP) is 4.59. The van der Waals surface area contributed by atoms with Crippen molar-refractivity contribution >= 4 is 17.6 Å². The smallest absolute Gasteiger partial charge is 0.335 e. The number of amides is 1. The Kier molecular flexibility index (Phi) is 5.52. The molecule has 0 aliphatic carbocycles. The first-order valence-electron chi connectivity index (χ1n) is 8.44. The molecule has 3 rings (SSSR count). The number of aromatic carboxylic acids is 1. The predicted molar refractivity (Wildman–Crippen MR) is 104 cm³/mol. The van der Waals surface area contributed by atoms with Crippen molar-refractivity contribution in [2.75, 3.05) is 5.32 Å². The van der Waals surface area contributed by atoms with Crippen LogP contribution in [0.25, 0.3) is 11.1 Å². The molecular weight excluding hydrogens is 342 g/mol. The Morgan fingerprint density at radius 1 is 0.926 bits per heavy atom. The first kappa shape index (κ1) is 18.2. The summed E-state index contributed by atoms with van der Waals surface area (Å²) in [7, 11) is 0. The Balaban J connectivity index is 1.68. The van der Waals surface area contributed by atoms with Crippen LogP contribution >= 0.6 is 0 Å². The van der Waals surface area contributed by atoms with Gasteiger partial charge in [0.2, 0.25) is 5.91 Å². The third kappa shape index (κ3) is 4.95. The van der Waals surface area contributed by atoms with Gasteiger partial charge in [-0.25, -0.2) is 4.79 Å². The van der Waals surface area contributed by atoms with Gasteiger partial charge in [-0.05, 0) is 53.1 Å². The van der Waals surface area contributed by atoms with E-state index in [0.29, 0.717) is 12.4 Å². The maximum absolute atomic E-state index is 11.2. The second-order valence-electron chi connectivity index (χ2n) is 6.08. The lowest BCUT2D eigenvalue weighted by molar-refractivity contribution is -0.114. The summed E-state index contributed by atoms with van der Waals surface area (Å²) in [5.41, 5.74) is 3.77. The van der Waals surface area contributed by atoms with Crippen LogP contribution in [0.4, 0.5) is 5.69 Å². The highest BCUT2D eigenvalue weighted by molar-refractivity contribution is 5.89. The number of carbonyl (C=O) groups excluding carboxylic acids is 1. The van der Waals surface area contributed by atoms with Crippen LogP contribution in [0.15, 0.2) is 72.8 Å². The number of carboxylic acids is 1. The van der Waals surface area contributed by atoms with Crippen LogP contribution in [0.5, 0.6) is 5.75 Å². The zero-order valence-corrected chi connectivity index (χ0v) is 14.8.